The van der Waals surface area contributed by atoms with Gasteiger partial charge in [0.25, 0.3) is 0 Å². The third kappa shape index (κ3) is 4.44. The van der Waals surface area contributed by atoms with Crippen LogP contribution in [0.1, 0.15) is 27.7 Å². The summed E-state index contributed by atoms with van der Waals surface area (Å²) in [6.45, 7) is 16.2. The van der Waals surface area contributed by atoms with Crippen molar-refractivity contribution in [2.24, 2.45) is 0 Å². The molecule has 1 aliphatic heterocycles. The first-order chi connectivity index (χ1) is 6.24. The van der Waals surface area contributed by atoms with Gasteiger partial charge in [0.1, 0.15) is 0 Å². The molecule has 1 aliphatic rings. The van der Waals surface area contributed by atoms with Gasteiger partial charge in [-0.05, 0) is 13.5 Å². The summed E-state index contributed by atoms with van der Waals surface area (Å²) in [5.41, 5.74) is 1.14. The van der Waals surface area contributed by atoms with Crippen molar-refractivity contribution in [3.8, 4) is 0 Å². The molecule has 1 fully saturated rings. The summed E-state index contributed by atoms with van der Waals surface area (Å²) in [6, 6.07) is 0. The van der Waals surface area contributed by atoms with Gasteiger partial charge in [-0.25, -0.2) is 0 Å². The molecule has 1 heterocycles. The van der Waals surface area contributed by atoms with Crippen LogP contribution in [-0.2, 0) is 4.74 Å². The normalized spacial score (nSPS) is 23.2. The van der Waals surface area contributed by atoms with E-state index in [1.54, 1.807) is 0 Å². The summed E-state index contributed by atoms with van der Waals surface area (Å²) < 4.78 is 5.53. The highest BCUT2D eigenvalue weighted by Gasteiger charge is 2.18. The third-order valence-corrected chi connectivity index (χ3v) is 2.15. The topological polar surface area (TPSA) is 12.5 Å². The van der Waals surface area contributed by atoms with Gasteiger partial charge in [-0.3, -0.25) is 4.90 Å². The van der Waals surface area contributed by atoms with Crippen molar-refractivity contribution >= 4 is 0 Å². The average Bonchev–Trinajstić information content (AvgIpc) is 2.21. The van der Waals surface area contributed by atoms with Crippen LogP contribution in [-0.4, -0.2) is 37.2 Å². The highest BCUT2D eigenvalue weighted by atomic mass is 16.5. The SMILES string of the molecule is C=C(C)C1CN(CC)CCO1.CC. The second-order valence-electron chi connectivity index (χ2n) is 3.10. The van der Waals surface area contributed by atoms with Gasteiger partial charge in [-0.1, -0.05) is 32.9 Å². The van der Waals surface area contributed by atoms with Crippen LogP contribution in [0.4, 0.5) is 0 Å². The smallest absolute Gasteiger partial charge is 0.0907 e. The molecule has 2 nitrogen and oxygen atoms in total. The third-order valence-electron chi connectivity index (χ3n) is 2.15. The van der Waals surface area contributed by atoms with Crippen molar-refractivity contribution in [2.75, 3.05) is 26.2 Å². The Morgan fingerprint density at radius 3 is 2.62 bits per heavy atom. The van der Waals surface area contributed by atoms with E-state index in [9.17, 15) is 0 Å². The van der Waals surface area contributed by atoms with Crippen molar-refractivity contribution in [2.45, 2.75) is 33.8 Å². The number of morpholine rings is 1. The predicted octanol–water partition coefficient (Wildman–Crippen LogP) is 2.31. The highest BCUT2D eigenvalue weighted by Crippen LogP contribution is 2.10. The van der Waals surface area contributed by atoms with Crippen LogP contribution in [0.25, 0.3) is 0 Å². The van der Waals surface area contributed by atoms with Gasteiger partial charge in [0.05, 0.1) is 12.7 Å². The molecule has 2 heteroatoms. The minimum atomic E-state index is 0.267. The van der Waals surface area contributed by atoms with E-state index in [0.717, 1.165) is 31.8 Å². The lowest BCUT2D eigenvalue weighted by atomic mass is 10.1. The summed E-state index contributed by atoms with van der Waals surface area (Å²) in [7, 11) is 0. The lowest BCUT2D eigenvalue weighted by Gasteiger charge is -2.32. The largest absolute Gasteiger partial charge is 0.371 e. The molecule has 1 unspecified atom stereocenters. The number of nitrogens with zero attached hydrogens (tertiary/aromatic N) is 1. The molecule has 1 rings (SSSR count). The Morgan fingerprint density at radius 2 is 2.15 bits per heavy atom. The van der Waals surface area contributed by atoms with Crippen molar-refractivity contribution < 1.29 is 4.74 Å². The van der Waals surface area contributed by atoms with Crippen LogP contribution in [0.15, 0.2) is 12.2 Å². The van der Waals surface area contributed by atoms with Crippen molar-refractivity contribution in [1.82, 2.24) is 4.90 Å². The quantitative estimate of drug-likeness (QED) is 0.612. The van der Waals surface area contributed by atoms with Crippen molar-refractivity contribution in [1.29, 1.82) is 0 Å². The summed E-state index contributed by atoms with van der Waals surface area (Å²) in [5, 5.41) is 0. The Bertz CT molecular complexity index is 145. The van der Waals surface area contributed by atoms with E-state index in [2.05, 4.69) is 18.4 Å². The van der Waals surface area contributed by atoms with Gasteiger partial charge >= 0.3 is 0 Å². The molecule has 0 radical (unpaired) electrons. The second kappa shape index (κ2) is 7.10. The molecule has 0 amide bonds. The van der Waals surface area contributed by atoms with Crippen LogP contribution in [0, 0.1) is 0 Å². The van der Waals surface area contributed by atoms with Crippen LogP contribution >= 0.6 is 0 Å². The summed E-state index contributed by atoms with van der Waals surface area (Å²) in [6.07, 6.45) is 0.267. The Balaban J connectivity index is 0.000000671. The number of rotatable bonds is 2. The summed E-state index contributed by atoms with van der Waals surface area (Å²) in [4.78, 5) is 2.39. The summed E-state index contributed by atoms with van der Waals surface area (Å²) >= 11 is 0. The average molecular weight is 185 g/mol. The van der Waals surface area contributed by atoms with Gasteiger partial charge in [0.15, 0.2) is 0 Å². The van der Waals surface area contributed by atoms with Crippen molar-refractivity contribution in [3.63, 3.8) is 0 Å². The Morgan fingerprint density at radius 1 is 1.54 bits per heavy atom. The minimum absolute atomic E-state index is 0.267. The maximum absolute atomic E-state index is 5.53. The first-order valence-corrected chi connectivity index (χ1v) is 5.23. The van der Waals surface area contributed by atoms with E-state index < -0.39 is 0 Å². The highest BCUT2D eigenvalue weighted by molar-refractivity contribution is 5.00. The fraction of sp³-hybridized carbons (Fsp3) is 0.818. The van der Waals surface area contributed by atoms with Gasteiger partial charge < -0.3 is 4.74 Å². The Hall–Kier alpha value is -0.340. The lowest BCUT2D eigenvalue weighted by Crippen LogP contribution is -2.42. The molecule has 0 aliphatic carbocycles. The standard InChI is InChI=1S/C9H17NO.C2H6/c1-4-10-5-6-11-9(7-10)8(2)3;1-2/h9H,2,4-7H2,1,3H3;1-2H3. The molecule has 13 heavy (non-hydrogen) atoms. The zero-order valence-corrected chi connectivity index (χ0v) is 9.47. The van der Waals surface area contributed by atoms with E-state index >= 15 is 0 Å². The van der Waals surface area contributed by atoms with Crippen LogP contribution < -0.4 is 0 Å². The molecule has 1 saturated heterocycles. The Labute approximate surface area is 82.6 Å². The molecule has 0 saturated carbocycles. The molecule has 0 aromatic rings. The first-order valence-electron chi connectivity index (χ1n) is 5.23. The monoisotopic (exact) mass is 185 g/mol. The van der Waals surface area contributed by atoms with E-state index in [0.29, 0.717) is 0 Å². The van der Waals surface area contributed by atoms with Gasteiger partial charge in [-0.2, -0.15) is 0 Å². The van der Waals surface area contributed by atoms with Crippen LogP contribution in [0.2, 0.25) is 0 Å². The number of ether oxygens (including phenoxy) is 1. The minimum Gasteiger partial charge on any atom is -0.371 e. The fourth-order valence-corrected chi connectivity index (χ4v) is 1.29. The maximum atomic E-state index is 5.53. The molecule has 1 atom stereocenters. The van der Waals surface area contributed by atoms with E-state index in [-0.39, 0.29) is 6.10 Å². The van der Waals surface area contributed by atoms with Gasteiger partial charge in [0, 0.05) is 13.1 Å². The van der Waals surface area contributed by atoms with E-state index in [1.165, 1.54) is 0 Å². The maximum Gasteiger partial charge on any atom is 0.0907 e. The fourth-order valence-electron chi connectivity index (χ4n) is 1.29. The van der Waals surface area contributed by atoms with Gasteiger partial charge in [0.2, 0.25) is 0 Å². The molecule has 78 valence electrons. The number of hydrogen-bond donors (Lipinski definition) is 0. The predicted molar refractivity (Wildman–Crippen MR) is 58.0 cm³/mol. The molecule has 0 aromatic heterocycles. The summed E-state index contributed by atoms with van der Waals surface area (Å²) in [5.74, 6) is 0. The number of hydrogen-bond acceptors (Lipinski definition) is 2. The van der Waals surface area contributed by atoms with Crippen LogP contribution in [0.3, 0.4) is 0 Å². The lowest BCUT2D eigenvalue weighted by molar-refractivity contribution is -0.00682. The first kappa shape index (κ1) is 12.7. The molecular formula is C11H23NO. The molecule has 0 bridgehead atoms. The Kier molecular flexibility index (Phi) is 6.92. The molecule has 0 spiro atoms. The van der Waals surface area contributed by atoms with Gasteiger partial charge in [-0.15, -0.1) is 0 Å². The van der Waals surface area contributed by atoms with Crippen molar-refractivity contribution in [3.05, 3.63) is 12.2 Å². The molecular weight excluding hydrogens is 162 g/mol. The zero-order valence-electron chi connectivity index (χ0n) is 9.47. The van der Waals surface area contributed by atoms with Crippen LogP contribution in [0.5, 0.6) is 0 Å². The number of likely N-dealkylation sites (N-methyl/N-ethyl adjacent to an activating group) is 1. The van der Waals surface area contributed by atoms with E-state index in [1.807, 2.05) is 20.8 Å². The molecule has 0 N–H and O–H groups in total. The molecule has 0 aromatic carbocycles. The zero-order chi connectivity index (χ0) is 10.3. The van der Waals surface area contributed by atoms with E-state index in [4.69, 9.17) is 4.74 Å². The second-order valence-corrected chi connectivity index (χ2v) is 3.10.